The number of aromatic nitrogens is 4. The number of ether oxygens (including phenoxy) is 1. The summed E-state index contributed by atoms with van der Waals surface area (Å²) >= 11 is 0. The second-order valence-electron chi connectivity index (χ2n) is 9.88. The molecule has 1 aliphatic heterocycles. The summed E-state index contributed by atoms with van der Waals surface area (Å²) in [6.45, 7) is -0.748. The van der Waals surface area contributed by atoms with Gasteiger partial charge in [0.1, 0.15) is 22.8 Å². The molecule has 5 rings (SSSR count). The van der Waals surface area contributed by atoms with Crippen molar-refractivity contribution >= 4 is 17.6 Å². The van der Waals surface area contributed by atoms with Crippen LogP contribution >= 0.6 is 0 Å². The van der Waals surface area contributed by atoms with Crippen LogP contribution in [-0.2, 0) is 26.4 Å². The number of hydrogen-bond acceptors (Lipinski definition) is 5. The second-order valence-corrected chi connectivity index (χ2v) is 9.88. The number of hydrogen-bond donors (Lipinski definition) is 2. The van der Waals surface area contributed by atoms with Gasteiger partial charge in [-0.1, -0.05) is 25.0 Å². The van der Waals surface area contributed by atoms with Crippen molar-refractivity contribution in [1.82, 2.24) is 24.9 Å². The van der Waals surface area contributed by atoms with Gasteiger partial charge in [0.15, 0.2) is 6.61 Å². The Bertz CT molecular complexity index is 1330. The highest BCUT2D eigenvalue weighted by atomic mass is 19.4. The first-order valence-electron chi connectivity index (χ1n) is 12.6. The van der Waals surface area contributed by atoms with Crippen LogP contribution in [-0.4, -0.2) is 50.2 Å². The predicted octanol–water partition coefficient (Wildman–Crippen LogP) is 3.90. The average molecular weight is 531 g/mol. The molecule has 0 radical (unpaired) electrons. The fourth-order valence-electron chi connectivity index (χ4n) is 4.67. The standard InChI is InChI=1S/C26H29F3N6O3/c1-34-21(9-11-30-34)24(36)32-23-22-20(33-35(23)12-10-16-5-6-16)14-18(31-25(22)37)8-7-17-3-2-4-19(13-17)38-15-26(27,28)29/h2-4,9,11,13,16,18H,5-8,10,12,14-15H2,1H3,(H,31,37)(H,32,36)/t18-/m0/s1. The number of rotatable bonds is 10. The Morgan fingerprint density at radius 2 is 2.05 bits per heavy atom. The van der Waals surface area contributed by atoms with Crippen LogP contribution in [0, 0.1) is 5.92 Å². The van der Waals surface area contributed by atoms with Crippen LogP contribution in [0.5, 0.6) is 5.75 Å². The number of alkyl halides is 3. The molecule has 3 heterocycles. The smallest absolute Gasteiger partial charge is 0.422 e. The Hall–Kier alpha value is -3.83. The van der Waals surface area contributed by atoms with Crippen molar-refractivity contribution < 1.29 is 27.5 Å². The molecule has 1 atom stereocenters. The van der Waals surface area contributed by atoms with Gasteiger partial charge in [-0.2, -0.15) is 23.4 Å². The molecular formula is C26H29F3N6O3. The van der Waals surface area contributed by atoms with Gasteiger partial charge in [0, 0.05) is 32.3 Å². The number of nitrogens with one attached hydrogen (secondary N) is 2. The third-order valence-electron chi connectivity index (χ3n) is 6.84. The van der Waals surface area contributed by atoms with E-state index in [4.69, 9.17) is 9.84 Å². The van der Waals surface area contributed by atoms with Crippen molar-refractivity contribution in [2.75, 3.05) is 11.9 Å². The van der Waals surface area contributed by atoms with E-state index in [0.29, 0.717) is 54.5 Å². The minimum atomic E-state index is -4.40. The molecule has 0 bridgehead atoms. The van der Waals surface area contributed by atoms with Crippen LogP contribution in [0.1, 0.15) is 57.8 Å². The zero-order valence-electron chi connectivity index (χ0n) is 20.9. The van der Waals surface area contributed by atoms with Gasteiger partial charge in [-0.25, -0.2) is 4.68 Å². The van der Waals surface area contributed by atoms with E-state index in [0.717, 1.165) is 12.0 Å². The minimum absolute atomic E-state index is 0.151. The van der Waals surface area contributed by atoms with Gasteiger partial charge in [-0.15, -0.1) is 0 Å². The van der Waals surface area contributed by atoms with Crippen LogP contribution in [0.3, 0.4) is 0 Å². The molecule has 38 heavy (non-hydrogen) atoms. The van der Waals surface area contributed by atoms with E-state index < -0.39 is 12.8 Å². The van der Waals surface area contributed by atoms with Crippen LogP contribution in [0.4, 0.5) is 19.0 Å². The topological polar surface area (TPSA) is 103 Å². The monoisotopic (exact) mass is 530 g/mol. The molecule has 2 aliphatic rings. The molecule has 1 aliphatic carbocycles. The number of benzene rings is 1. The van der Waals surface area contributed by atoms with Gasteiger partial charge >= 0.3 is 6.18 Å². The van der Waals surface area contributed by atoms with Crippen molar-refractivity contribution in [1.29, 1.82) is 0 Å². The molecule has 1 aromatic carbocycles. The molecule has 1 saturated carbocycles. The summed E-state index contributed by atoms with van der Waals surface area (Å²) in [7, 11) is 1.67. The molecule has 1 fully saturated rings. The zero-order chi connectivity index (χ0) is 26.9. The van der Waals surface area contributed by atoms with Gasteiger partial charge in [-0.3, -0.25) is 14.3 Å². The molecule has 3 aromatic rings. The number of nitrogens with zero attached hydrogens (tertiary/aromatic N) is 4. The molecular weight excluding hydrogens is 501 g/mol. The Labute approximate surface area is 217 Å². The lowest BCUT2D eigenvalue weighted by Crippen LogP contribution is -2.41. The first-order valence-corrected chi connectivity index (χ1v) is 12.6. The van der Waals surface area contributed by atoms with E-state index in [1.54, 1.807) is 29.9 Å². The summed E-state index contributed by atoms with van der Waals surface area (Å²) in [5, 5.41) is 14.6. The highest BCUT2D eigenvalue weighted by Gasteiger charge is 2.33. The van der Waals surface area contributed by atoms with Gasteiger partial charge in [0.05, 0.1) is 5.69 Å². The predicted molar refractivity (Wildman–Crippen MR) is 132 cm³/mol. The molecule has 2 amide bonds. The molecule has 2 N–H and O–H groups in total. The number of carbonyl (C=O) groups excluding carboxylic acids is 2. The number of amides is 2. The summed E-state index contributed by atoms with van der Waals surface area (Å²) in [5.74, 6) is 0.504. The number of carbonyl (C=O) groups is 2. The van der Waals surface area contributed by atoms with Crippen LogP contribution in [0.25, 0.3) is 0 Å². The molecule has 202 valence electrons. The highest BCUT2D eigenvalue weighted by Crippen LogP contribution is 2.34. The number of halogens is 3. The van der Waals surface area contributed by atoms with Gasteiger partial charge in [0.25, 0.3) is 11.8 Å². The van der Waals surface area contributed by atoms with E-state index >= 15 is 0 Å². The van der Waals surface area contributed by atoms with Crippen LogP contribution < -0.4 is 15.4 Å². The van der Waals surface area contributed by atoms with Crippen molar-refractivity contribution in [3.63, 3.8) is 0 Å². The third kappa shape index (κ3) is 6.17. The van der Waals surface area contributed by atoms with Crippen molar-refractivity contribution in [2.24, 2.45) is 13.0 Å². The zero-order valence-corrected chi connectivity index (χ0v) is 20.9. The van der Waals surface area contributed by atoms with E-state index in [1.807, 2.05) is 6.07 Å². The maximum absolute atomic E-state index is 13.2. The number of fused-ring (bicyclic) bond motifs is 1. The van der Waals surface area contributed by atoms with E-state index in [1.165, 1.54) is 29.8 Å². The Morgan fingerprint density at radius 3 is 2.76 bits per heavy atom. The van der Waals surface area contributed by atoms with Gasteiger partial charge < -0.3 is 15.4 Å². The first-order chi connectivity index (χ1) is 18.2. The highest BCUT2D eigenvalue weighted by molar-refractivity contribution is 6.08. The lowest BCUT2D eigenvalue weighted by Gasteiger charge is -2.23. The van der Waals surface area contributed by atoms with E-state index in [2.05, 4.69) is 15.7 Å². The van der Waals surface area contributed by atoms with E-state index in [-0.39, 0.29) is 23.6 Å². The van der Waals surface area contributed by atoms with Crippen LogP contribution in [0.2, 0.25) is 0 Å². The summed E-state index contributed by atoms with van der Waals surface area (Å²) in [5.41, 5.74) is 2.17. The number of anilines is 1. The van der Waals surface area contributed by atoms with Crippen molar-refractivity contribution in [2.45, 2.75) is 57.3 Å². The average Bonchev–Trinajstić information content (AvgIpc) is 3.50. The summed E-state index contributed by atoms with van der Waals surface area (Å²) in [6.07, 6.45) is 2.01. The lowest BCUT2D eigenvalue weighted by atomic mass is 9.96. The Morgan fingerprint density at radius 1 is 1.24 bits per heavy atom. The SMILES string of the molecule is Cn1nccc1C(=O)Nc1c2c(nn1CCC1CC1)C[C@H](CCc1cccc(OCC(F)(F)F)c1)NC2=O. The lowest BCUT2D eigenvalue weighted by molar-refractivity contribution is -0.153. The quantitative estimate of drug-likeness (QED) is 0.414. The maximum Gasteiger partial charge on any atom is 0.422 e. The number of aryl methyl sites for hydroxylation is 3. The molecule has 9 nitrogen and oxygen atoms in total. The second kappa shape index (κ2) is 10.5. The summed E-state index contributed by atoms with van der Waals surface area (Å²) < 4.78 is 45.4. The maximum atomic E-state index is 13.2. The molecule has 12 heteroatoms. The first kappa shape index (κ1) is 25.8. The summed E-state index contributed by atoms with van der Waals surface area (Å²) in [6, 6.07) is 7.93. The molecule has 0 saturated heterocycles. The normalized spacial score (nSPS) is 17.2. The van der Waals surface area contributed by atoms with Gasteiger partial charge in [0.2, 0.25) is 0 Å². The van der Waals surface area contributed by atoms with Crippen LogP contribution in [0.15, 0.2) is 36.5 Å². The molecule has 2 aromatic heterocycles. The molecule has 0 unspecified atom stereocenters. The fraction of sp³-hybridized carbons (Fsp3) is 0.462. The molecule has 0 spiro atoms. The van der Waals surface area contributed by atoms with Gasteiger partial charge in [-0.05, 0) is 48.9 Å². The Kier molecular flexibility index (Phi) is 7.13. The fourth-order valence-corrected chi connectivity index (χ4v) is 4.67. The van der Waals surface area contributed by atoms with E-state index in [9.17, 15) is 22.8 Å². The summed E-state index contributed by atoms with van der Waals surface area (Å²) in [4.78, 5) is 26.1. The minimum Gasteiger partial charge on any atom is -0.484 e. The van der Waals surface area contributed by atoms with Crippen molar-refractivity contribution in [3.8, 4) is 5.75 Å². The van der Waals surface area contributed by atoms with Crippen molar-refractivity contribution in [3.05, 3.63) is 59.0 Å². The Balaban J connectivity index is 1.29. The third-order valence-corrected chi connectivity index (χ3v) is 6.84. The largest absolute Gasteiger partial charge is 0.484 e.